The third kappa shape index (κ3) is 6.38. The molecule has 148 valence electrons. The number of aliphatic carboxylic acids is 1. The van der Waals surface area contributed by atoms with Crippen molar-refractivity contribution in [1.82, 2.24) is 5.32 Å². The van der Waals surface area contributed by atoms with E-state index in [9.17, 15) is 19.5 Å². The van der Waals surface area contributed by atoms with Crippen LogP contribution in [-0.2, 0) is 9.59 Å². The molecule has 6 heteroatoms. The summed E-state index contributed by atoms with van der Waals surface area (Å²) in [5.74, 6) is -1.15. The molecule has 0 saturated heterocycles. The molecule has 0 aliphatic heterocycles. The second-order valence-corrected chi connectivity index (χ2v) is 7.72. The van der Waals surface area contributed by atoms with Gasteiger partial charge >= 0.3 is 5.97 Å². The van der Waals surface area contributed by atoms with Crippen molar-refractivity contribution in [2.75, 3.05) is 5.32 Å². The average molecular weight is 374 g/mol. The van der Waals surface area contributed by atoms with Gasteiger partial charge in [-0.05, 0) is 55.9 Å². The first kappa shape index (κ1) is 20.9. The number of carbonyl (C=O) groups is 3. The Morgan fingerprint density at radius 1 is 1.07 bits per heavy atom. The lowest BCUT2D eigenvalue weighted by molar-refractivity contribution is -0.140. The molecular formula is C21H30N2O4. The van der Waals surface area contributed by atoms with Crippen LogP contribution < -0.4 is 10.6 Å². The van der Waals surface area contributed by atoms with Crippen molar-refractivity contribution in [3.63, 3.8) is 0 Å². The predicted molar refractivity (Wildman–Crippen MR) is 105 cm³/mol. The Morgan fingerprint density at radius 3 is 2.26 bits per heavy atom. The van der Waals surface area contributed by atoms with Gasteiger partial charge in [0, 0.05) is 23.7 Å². The minimum Gasteiger partial charge on any atom is -0.481 e. The van der Waals surface area contributed by atoms with Gasteiger partial charge in [0.1, 0.15) is 0 Å². The molecule has 1 aliphatic carbocycles. The van der Waals surface area contributed by atoms with E-state index in [0.29, 0.717) is 11.3 Å². The second kappa shape index (κ2) is 9.53. The van der Waals surface area contributed by atoms with E-state index in [1.165, 1.54) is 0 Å². The zero-order valence-corrected chi connectivity index (χ0v) is 16.2. The van der Waals surface area contributed by atoms with Gasteiger partial charge in [0.05, 0.1) is 6.42 Å². The van der Waals surface area contributed by atoms with E-state index in [2.05, 4.69) is 10.6 Å². The summed E-state index contributed by atoms with van der Waals surface area (Å²) in [5, 5.41) is 15.0. The smallest absolute Gasteiger partial charge is 0.303 e. The Morgan fingerprint density at radius 2 is 1.70 bits per heavy atom. The van der Waals surface area contributed by atoms with E-state index in [1.54, 1.807) is 24.3 Å². The summed E-state index contributed by atoms with van der Waals surface area (Å²) in [6.45, 7) is 3.96. The molecular weight excluding hydrogens is 344 g/mol. The van der Waals surface area contributed by atoms with E-state index in [0.717, 1.165) is 38.5 Å². The van der Waals surface area contributed by atoms with Crippen LogP contribution in [0.4, 0.5) is 5.69 Å². The Labute approximate surface area is 160 Å². The molecule has 0 spiro atoms. The molecule has 1 atom stereocenters. The minimum absolute atomic E-state index is 0.0368. The van der Waals surface area contributed by atoms with Crippen LogP contribution in [0.25, 0.3) is 0 Å². The van der Waals surface area contributed by atoms with Crippen molar-refractivity contribution in [1.29, 1.82) is 0 Å². The molecule has 6 nitrogen and oxygen atoms in total. The molecule has 1 saturated carbocycles. The molecule has 27 heavy (non-hydrogen) atoms. The first-order valence-electron chi connectivity index (χ1n) is 9.76. The molecule has 2 amide bonds. The number of benzene rings is 1. The fourth-order valence-corrected chi connectivity index (χ4v) is 3.70. The largest absolute Gasteiger partial charge is 0.481 e. The third-order valence-electron chi connectivity index (χ3n) is 5.40. The van der Waals surface area contributed by atoms with Crippen molar-refractivity contribution in [3.8, 4) is 0 Å². The Balaban J connectivity index is 1.96. The highest BCUT2D eigenvalue weighted by Crippen LogP contribution is 2.42. The maximum absolute atomic E-state index is 12.5. The van der Waals surface area contributed by atoms with Crippen LogP contribution in [0.1, 0.15) is 75.6 Å². The number of rotatable bonds is 8. The van der Waals surface area contributed by atoms with E-state index in [4.69, 9.17) is 0 Å². The van der Waals surface area contributed by atoms with Gasteiger partial charge in [0.25, 0.3) is 5.91 Å². The van der Waals surface area contributed by atoms with E-state index < -0.39 is 11.4 Å². The maximum atomic E-state index is 12.5. The van der Waals surface area contributed by atoms with Crippen molar-refractivity contribution in [3.05, 3.63) is 29.8 Å². The van der Waals surface area contributed by atoms with Crippen LogP contribution in [0.2, 0.25) is 0 Å². The van der Waals surface area contributed by atoms with Gasteiger partial charge < -0.3 is 15.7 Å². The van der Waals surface area contributed by atoms with E-state index in [-0.39, 0.29) is 30.7 Å². The van der Waals surface area contributed by atoms with Crippen molar-refractivity contribution >= 4 is 23.5 Å². The van der Waals surface area contributed by atoms with Gasteiger partial charge in [-0.25, -0.2) is 0 Å². The Kier molecular flexibility index (Phi) is 7.39. The number of amides is 2. The van der Waals surface area contributed by atoms with Crippen LogP contribution in [-0.4, -0.2) is 28.9 Å². The number of anilines is 1. The third-order valence-corrected chi connectivity index (χ3v) is 5.40. The lowest BCUT2D eigenvalue weighted by atomic mass is 9.69. The summed E-state index contributed by atoms with van der Waals surface area (Å²) < 4.78 is 0. The van der Waals surface area contributed by atoms with Crippen molar-refractivity contribution in [2.45, 2.75) is 71.3 Å². The number of carboxylic acid groups (broad SMARTS) is 1. The van der Waals surface area contributed by atoms with Crippen LogP contribution in [0.5, 0.6) is 0 Å². The fourth-order valence-electron chi connectivity index (χ4n) is 3.70. The molecule has 1 fully saturated rings. The number of hydrogen-bond acceptors (Lipinski definition) is 3. The molecule has 3 N–H and O–H groups in total. The van der Waals surface area contributed by atoms with Gasteiger partial charge in [-0.1, -0.05) is 26.2 Å². The molecule has 1 unspecified atom stereocenters. The summed E-state index contributed by atoms with van der Waals surface area (Å²) in [7, 11) is 0. The van der Waals surface area contributed by atoms with E-state index >= 15 is 0 Å². The van der Waals surface area contributed by atoms with Gasteiger partial charge in [0.15, 0.2) is 0 Å². The lowest BCUT2D eigenvalue weighted by Crippen LogP contribution is -2.32. The first-order valence-corrected chi connectivity index (χ1v) is 9.76. The van der Waals surface area contributed by atoms with Gasteiger partial charge in [-0.3, -0.25) is 14.4 Å². The molecule has 1 aromatic carbocycles. The summed E-state index contributed by atoms with van der Waals surface area (Å²) in [6.07, 6.45) is 5.72. The molecule has 1 aliphatic rings. The first-order chi connectivity index (χ1) is 12.8. The lowest BCUT2D eigenvalue weighted by Gasteiger charge is -2.35. The second-order valence-electron chi connectivity index (χ2n) is 7.72. The number of hydrogen-bond donors (Lipinski definition) is 3. The number of nitrogens with one attached hydrogen (secondary N) is 2. The summed E-state index contributed by atoms with van der Waals surface area (Å²) in [4.78, 5) is 35.8. The minimum atomic E-state index is -0.846. The molecule has 0 heterocycles. The fraction of sp³-hybridized carbons (Fsp3) is 0.571. The zero-order valence-electron chi connectivity index (χ0n) is 16.2. The van der Waals surface area contributed by atoms with Crippen LogP contribution in [0.15, 0.2) is 24.3 Å². The van der Waals surface area contributed by atoms with Crippen molar-refractivity contribution < 1.29 is 19.5 Å². The van der Waals surface area contributed by atoms with Gasteiger partial charge in [-0.15, -0.1) is 0 Å². The normalized spacial score (nSPS) is 17.0. The number of carbonyl (C=O) groups excluding carboxylic acids is 2. The highest BCUT2D eigenvalue weighted by atomic mass is 16.4. The molecule has 1 aromatic rings. The van der Waals surface area contributed by atoms with Crippen LogP contribution in [0.3, 0.4) is 0 Å². The Hall–Kier alpha value is -2.37. The highest BCUT2D eigenvalue weighted by Gasteiger charge is 2.36. The SMILES string of the molecule is CCC(C)NC(=O)c1ccc(NC(=O)CC2(CC(=O)O)CCCCC2)cc1. The van der Waals surface area contributed by atoms with Crippen molar-refractivity contribution in [2.24, 2.45) is 5.41 Å². The molecule has 0 radical (unpaired) electrons. The van der Waals surface area contributed by atoms with Crippen LogP contribution >= 0.6 is 0 Å². The summed E-state index contributed by atoms with van der Waals surface area (Å²) in [6, 6.07) is 6.88. The van der Waals surface area contributed by atoms with Crippen LogP contribution in [0, 0.1) is 5.41 Å². The molecule has 0 aromatic heterocycles. The van der Waals surface area contributed by atoms with E-state index in [1.807, 2.05) is 13.8 Å². The predicted octanol–water partition coefficient (Wildman–Crippen LogP) is 3.97. The topological polar surface area (TPSA) is 95.5 Å². The zero-order chi connectivity index (χ0) is 19.9. The molecule has 2 rings (SSSR count). The summed E-state index contributed by atoms with van der Waals surface area (Å²) >= 11 is 0. The Bertz CT molecular complexity index is 663. The highest BCUT2D eigenvalue weighted by molar-refractivity contribution is 5.96. The van der Waals surface area contributed by atoms with Gasteiger partial charge in [-0.2, -0.15) is 0 Å². The number of carboxylic acids is 1. The molecule has 0 bridgehead atoms. The maximum Gasteiger partial charge on any atom is 0.303 e. The monoisotopic (exact) mass is 374 g/mol. The quantitative estimate of drug-likeness (QED) is 0.641. The summed E-state index contributed by atoms with van der Waals surface area (Å²) in [5.41, 5.74) is 0.717. The standard InChI is InChI=1S/C21H30N2O4/c1-3-15(2)22-20(27)16-7-9-17(10-8-16)23-18(24)13-21(14-19(25)26)11-5-4-6-12-21/h7-10,15H,3-6,11-14H2,1-2H3,(H,22,27)(H,23,24)(H,25,26). The average Bonchev–Trinajstić information content (AvgIpc) is 2.61. The van der Waals surface area contributed by atoms with Gasteiger partial charge in [0.2, 0.25) is 5.91 Å².